The topological polar surface area (TPSA) is 35.9 Å². The maximum atomic E-state index is 13.6. The molecule has 5 rings (SSSR count). The molecule has 2 aliphatic heterocycles. The summed E-state index contributed by atoms with van der Waals surface area (Å²) >= 11 is 1.43. The summed E-state index contributed by atoms with van der Waals surface area (Å²) in [4.78, 5) is 23.4. The minimum absolute atomic E-state index is 0.0448. The Balaban J connectivity index is 1.54. The average molecular weight is 496 g/mol. The fourth-order valence-electron chi connectivity index (χ4n) is 5.66. The molecule has 1 atom stereocenters. The van der Waals surface area contributed by atoms with Crippen LogP contribution in [0.15, 0.2) is 88.8 Å². The van der Waals surface area contributed by atoms with Crippen LogP contribution in [0, 0.1) is 0 Å². The Morgan fingerprint density at radius 1 is 1.00 bits per heavy atom. The van der Waals surface area contributed by atoms with Gasteiger partial charge in [0.1, 0.15) is 0 Å². The number of carbonyl (C=O) groups excluding carboxylic acids is 1. The molecule has 0 unspecified atom stereocenters. The monoisotopic (exact) mass is 495 g/mol. The highest BCUT2D eigenvalue weighted by Gasteiger charge is 2.38. The fraction of sp³-hybridized carbons (Fsp3) is 0.290. The molecule has 3 aromatic rings. The smallest absolute Gasteiger partial charge is 0.271 e. The highest BCUT2D eigenvalue weighted by molar-refractivity contribution is 8.19. The highest BCUT2D eigenvalue weighted by Crippen LogP contribution is 2.45. The molecular weight excluding hydrogens is 462 g/mol. The number of rotatable bonds is 4. The van der Waals surface area contributed by atoms with Crippen LogP contribution in [0.2, 0.25) is 0 Å². The molecule has 0 bridgehead atoms. The zero-order valence-electron chi connectivity index (χ0n) is 21.6. The lowest BCUT2D eigenvalue weighted by Gasteiger charge is -2.50. The van der Waals surface area contributed by atoms with Crippen LogP contribution in [0.25, 0.3) is 6.08 Å². The molecule has 0 spiro atoms. The van der Waals surface area contributed by atoms with Crippen LogP contribution in [0.5, 0.6) is 0 Å². The lowest BCUT2D eigenvalue weighted by Crippen LogP contribution is -2.51. The Labute approximate surface area is 218 Å². The van der Waals surface area contributed by atoms with Crippen LogP contribution < -0.4 is 9.80 Å². The molecule has 0 N–H and O–H groups in total. The molecule has 2 aliphatic rings. The van der Waals surface area contributed by atoms with Crippen LogP contribution in [0.4, 0.5) is 17.1 Å². The van der Waals surface area contributed by atoms with Gasteiger partial charge in [0.05, 0.1) is 16.3 Å². The summed E-state index contributed by atoms with van der Waals surface area (Å²) in [6, 6.07) is 26.6. The number of anilines is 2. The van der Waals surface area contributed by atoms with Gasteiger partial charge in [-0.1, -0.05) is 49.4 Å². The van der Waals surface area contributed by atoms with Crippen molar-refractivity contribution in [2.45, 2.75) is 58.5 Å². The third kappa shape index (κ3) is 4.60. The fourth-order valence-corrected chi connectivity index (χ4v) is 6.66. The van der Waals surface area contributed by atoms with E-state index in [2.05, 4.69) is 57.7 Å². The first kappa shape index (κ1) is 24.4. The standard InChI is InChI=1S/C31H33N3OS/c1-21(2)34-27-17-16-23(18-26(27)22(3)20-31(34,4)5)19-28-29(35)33(25-14-10-7-11-15-25)30(36-28)32-24-12-8-6-9-13-24/h6-19,21-22H,20H2,1-5H3/b28-19-,32-30?/t22-/m0/s1. The maximum absolute atomic E-state index is 13.6. The number of benzene rings is 3. The van der Waals surface area contributed by atoms with Crippen LogP contribution in [-0.2, 0) is 4.79 Å². The summed E-state index contributed by atoms with van der Waals surface area (Å²) in [5.41, 5.74) is 5.46. The van der Waals surface area contributed by atoms with Crippen molar-refractivity contribution in [1.29, 1.82) is 0 Å². The predicted molar refractivity (Wildman–Crippen MR) is 154 cm³/mol. The summed E-state index contributed by atoms with van der Waals surface area (Å²) in [6.07, 6.45) is 3.12. The van der Waals surface area contributed by atoms with Gasteiger partial charge in [-0.3, -0.25) is 9.69 Å². The van der Waals surface area contributed by atoms with Crippen molar-refractivity contribution >= 4 is 46.0 Å². The molecule has 0 aliphatic carbocycles. The summed E-state index contributed by atoms with van der Waals surface area (Å²) in [7, 11) is 0. The van der Waals surface area contributed by atoms with Crippen molar-refractivity contribution in [3.8, 4) is 0 Å². The molecule has 0 radical (unpaired) electrons. The maximum Gasteiger partial charge on any atom is 0.271 e. The number of aliphatic imine (C=N–C) groups is 1. The van der Waals surface area contributed by atoms with E-state index in [1.165, 1.54) is 23.0 Å². The van der Waals surface area contributed by atoms with E-state index < -0.39 is 0 Å². The van der Waals surface area contributed by atoms with E-state index in [0.29, 0.717) is 22.0 Å². The Kier molecular flexibility index (Phi) is 6.52. The van der Waals surface area contributed by atoms with E-state index in [4.69, 9.17) is 4.99 Å². The number of thioether (sulfide) groups is 1. The third-order valence-corrected chi connectivity index (χ3v) is 7.88. The average Bonchev–Trinajstić information content (AvgIpc) is 3.14. The second-order valence-electron chi connectivity index (χ2n) is 10.5. The number of amides is 1. The van der Waals surface area contributed by atoms with Crippen LogP contribution in [-0.4, -0.2) is 22.7 Å². The van der Waals surface area contributed by atoms with E-state index in [1.54, 1.807) is 4.90 Å². The number of para-hydroxylation sites is 2. The molecule has 4 nitrogen and oxygen atoms in total. The van der Waals surface area contributed by atoms with E-state index in [0.717, 1.165) is 23.4 Å². The number of carbonyl (C=O) groups is 1. The minimum atomic E-state index is -0.0448. The predicted octanol–water partition coefficient (Wildman–Crippen LogP) is 8.00. The first-order chi connectivity index (χ1) is 17.2. The van der Waals surface area contributed by atoms with Gasteiger partial charge in [-0.25, -0.2) is 4.99 Å². The number of hydrogen-bond acceptors (Lipinski definition) is 4. The van der Waals surface area contributed by atoms with Gasteiger partial charge >= 0.3 is 0 Å². The molecule has 5 heteroatoms. The van der Waals surface area contributed by atoms with Gasteiger partial charge in [-0.15, -0.1) is 0 Å². The van der Waals surface area contributed by atoms with Crippen molar-refractivity contribution in [1.82, 2.24) is 0 Å². The van der Waals surface area contributed by atoms with E-state index >= 15 is 0 Å². The Hall–Kier alpha value is -3.31. The third-order valence-electron chi connectivity index (χ3n) is 6.92. The van der Waals surface area contributed by atoms with E-state index in [9.17, 15) is 4.79 Å². The molecule has 3 aromatic carbocycles. The molecule has 36 heavy (non-hydrogen) atoms. The van der Waals surface area contributed by atoms with E-state index in [-0.39, 0.29) is 11.4 Å². The molecule has 0 aromatic heterocycles. The molecule has 1 amide bonds. The van der Waals surface area contributed by atoms with Gasteiger partial charge in [0.25, 0.3) is 5.91 Å². The summed E-state index contributed by atoms with van der Waals surface area (Å²) < 4.78 is 0. The quantitative estimate of drug-likeness (QED) is 0.344. The summed E-state index contributed by atoms with van der Waals surface area (Å²) in [5.74, 6) is 0.405. The number of nitrogens with zero attached hydrogens (tertiary/aromatic N) is 3. The molecule has 1 fully saturated rings. The van der Waals surface area contributed by atoms with Gasteiger partial charge in [0.15, 0.2) is 5.17 Å². The van der Waals surface area contributed by atoms with Crippen LogP contribution in [0.3, 0.4) is 0 Å². The first-order valence-corrected chi connectivity index (χ1v) is 13.4. The summed E-state index contributed by atoms with van der Waals surface area (Å²) in [6.45, 7) is 11.5. The van der Waals surface area contributed by atoms with Gasteiger partial charge in [-0.05, 0) is 105 Å². The zero-order valence-corrected chi connectivity index (χ0v) is 22.4. The first-order valence-electron chi connectivity index (χ1n) is 12.6. The van der Waals surface area contributed by atoms with E-state index in [1.807, 2.05) is 66.7 Å². The van der Waals surface area contributed by atoms with Gasteiger partial charge in [-0.2, -0.15) is 0 Å². The normalized spacial score (nSPS) is 21.5. The largest absolute Gasteiger partial charge is 0.364 e. The number of hydrogen-bond donors (Lipinski definition) is 0. The van der Waals surface area contributed by atoms with Crippen molar-refractivity contribution in [2.75, 3.05) is 9.80 Å². The lowest BCUT2D eigenvalue weighted by atomic mass is 9.79. The Morgan fingerprint density at radius 2 is 1.67 bits per heavy atom. The van der Waals surface area contributed by atoms with Crippen LogP contribution >= 0.6 is 11.8 Å². The minimum Gasteiger partial charge on any atom is -0.364 e. The number of amidine groups is 1. The van der Waals surface area contributed by atoms with Crippen LogP contribution in [0.1, 0.15) is 58.1 Å². The zero-order chi connectivity index (χ0) is 25.4. The van der Waals surface area contributed by atoms with Crippen molar-refractivity contribution in [3.05, 3.63) is 94.9 Å². The molecule has 0 saturated carbocycles. The van der Waals surface area contributed by atoms with Gasteiger partial charge in [0, 0.05) is 17.3 Å². The van der Waals surface area contributed by atoms with Crippen molar-refractivity contribution < 1.29 is 4.79 Å². The van der Waals surface area contributed by atoms with Crippen molar-refractivity contribution in [3.63, 3.8) is 0 Å². The second kappa shape index (κ2) is 9.62. The molecular formula is C31H33N3OS. The second-order valence-corrected chi connectivity index (χ2v) is 11.5. The Bertz CT molecular complexity index is 1330. The molecule has 2 heterocycles. The molecule has 184 valence electrons. The molecule has 1 saturated heterocycles. The van der Waals surface area contributed by atoms with Gasteiger partial charge < -0.3 is 4.90 Å². The lowest BCUT2D eigenvalue weighted by molar-refractivity contribution is -0.113. The SMILES string of the molecule is CC(C)N1c2ccc(/C=C3\SC(=Nc4ccccc4)N(c4ccccc4)C3=O)cc2[C@@H](C)CC1(C)C. The summed E-state index contributed by atoms with van der Waals surface area (Å²) in [5, 5.41) is 0.669. The Morgan fingerprint density at radius 3 is 2.33 bits per heavy atom. The van der Waals surface area contributed by atoms with Crippen molar-refractivity contribution in [2.24, 2.45) is 4.99 Å². The number of fused-ring (bicyclic) bond motifs is 1. The van der Waals surface area contributed by atoms with Gasteiger partial charge in [0.2, 0.25) is 0 Å². The highest BCUT2D eigenvalue weighted by atomic mass is 32.2.